The van der Waals surface area contributed by atoms with Gasteiger partial charge in [-0.15, -0.1) is 21.5 Å². The second kappa shape index (κ2) is 16.3. The van der Waals surface area contributed by atoms with Gasteiger partial charge >= 0.3 is 0 Å². The lowest BCUT2D eigenvalue weighted by Crippen LogP contribution is -2.58. The average molecular weight is 772 g/mol. The predicted molar refractivity (Wildman–Crippen MR) is 208 cm³/mol. The number of hydrogen-bond donors (Lipinski definition) is 5. The Labute approximate surface area is 322 Å². The summed E-state index contributed by atoms with van der Waals surface area (Å²) in [5, 5.41) is 38.9. The maximum absolute atomic E-state index is 14.1. The van der Waals surface area contributed by atoms with Gasteiger partial charge in [0.2, 0.25) is 17.7 Å². The van der Waals surface area contributed by atoms with Crippen molar-refractivity contribution in [1.29, 1.82) is 0 Å². The highest BCUT2D eigenvalue weighted by Gasteiger charge is 2.44. The molecule has 1 aliphatic heterocycles. The van der Waals surface area contributed by atoms with Gasteiger partial charge in [0.1, 0.15) is 18.6 Å². The number of nitrogens with one attached hydrogen (secondary N) is 2. The Bertz CT molecular complexity index is 2180. The number of carbonyl (C=O) groups is 3. The standard InChI is InChI=1S/C38H42FN9O5S.CH4/c1-20(22-9-11-23(12-10-22)33-21(2)41-19-54-33)43-36(52)30-13-25(49)17-48(30)37(53)34(38(3,4)5)44-31(50)18-47-16-24(15-42-47)27-14-29(45-46-35(27)40)26-7-6-8-28(39)32(26)51;/h6-12,14-16,19-20,25,30,34,49,51H,13,17-18H2,1-5H3,(H2,40,46)(H,43,52)(H,44,50);1H4/t20-,25+,30-,34+;/m0./s1. The third-order valence-corrected chi connectivity index (χ3v) is 10.4. The fourth-order valence-corrected chi connectivity index (χ4v) is 7.26. The number of thiazole rings is 1. The number of para-hydroxylation sites is 1. The average Bonchev–Trinajstić information content (AvgIpc) is 3.88. The number of phenols is 1. The van der Waals surface area contributed by atoms with Gasteiger partial charge in [0.05, 0.1) is 40.1 Å². The maximum atomic E-state index is 14.1. The molecule has 0 spiro atoms. The van der Waals surface area contributed by atoms with Crippen LogP contribution >= 0.6 is 11.3 Å². The lowest BCUT2D eigenvalue weighted by Gasteiger charge is -2.35. The van der Waals surface area contributed by atoms with Crippen LogP contribution in [0.1, 0.15) is 58.8 Å². The van der Waals surface area contributed by atoms with E-state index >= 15 is 0 Å². The molecule has 2 aromatic carbocycles. The minimum Gasteiger partial charge on any atom is -0.504 e. The number of amides is 3. The van der Waals surface area contributed by atoms with Crippen molar-refractivity contribution in [3.05, 3.63) is 83.5 Å². The van der Waals surface area contributed by atoms with Crippen LogP contribution in [-0.2, 0) is 20.9 Å². The molecule has 1 fully saturated rings. The Balaban J connectivity index is 0.00000580. The molecule has 0 aliphatic carbocycles. The van der Waals surface area contributed by atoms with E-state index in [2.05, 4.69) is 30.9 Å². The first-order valence-corrected chi connectivity index (χ1v) is 18.2. The molecule has 16 heteroatoms. The molecule has 1 saturated heterocycles. The molecular formula is C39H46FN9O5S. The van der Waals surface area contributed by atoms with Gasteiger partial charge in [0.15, 0.2) is 17.4 Å². The molecule has 1 aliphatic rings. The van der Waals surface area contributed by atoms with Crippen LogP contribution in [0.4, 0.5) is 10.2 Å². The minimum absolute atomic E-state index is 0. The van der Waals surface area contributed by atoms with Gasteiger partial charge in [0, 0.05) is 35.9 Å². The highest BCUT2D eigenvalue weighted by atomic mass is 32.1. The third kappa shape index (κ3) is 8.81. The van der Waals surface area contributed by atoms with E-state index in [-0.39, 0.29) is 50.1 Å². The van der Waals surface area contributed by atoms with Gasteiger partial charge in [-0.25, -0.2) is 9.37 Å². The highest BCUT2D eigenvalue weighted by Crippen LogP contribution is 2.34. The second-order valence-electron chi connectivity index (χ2n) is 14.5. The first-order chi connectivity index (χ1) is 25.6. The largest absolute Gasteiger partial charge is 0.504 e. The third-order valence-electron chi connectivity index (χ3n) is 9.40. The maximum Gasteiger partial charge on any atom is 0.246 e. The molecule has 14 nitrogen and oxygen atoms in total. The summed E-state index contributed by atoms with van der Waals surface area (Å²) in [4.78, 5) is 47.9. The molecule has 0 bridgehead atoms. The van der Waals surface area contributed by atoms with E-state index in [0.717, 1.165) is 27.8 Å². The SMILES string of the molecule is C.Cc1ncsc1-c1ccc([C@H](C)NC(=O)[C@@H]2C[C@@H](O)CN2C(=O)[C@@H](NC(=O)Cn2cc(-c3cc(-c4cccc(F)c4O)nnc3N)cn2)C(C)(C)C)cc1. The summed E-state index contributed by atoms with van der Waals surface area (Å²) in [7, 11) is 0. The van der Waals surface area contributed by atoms with E-state index in [1.165, 1.54) is 34.0 Å². The van der Waals surface area contributed by atoms with E-state index in [0.29, 0.717) is 11.1 Å². The number of β-amino-alcohol motifs (C(OH)–C–C–N with tert-alkyl or cyclic N) is 1. The quantitative estimate of drug-likeness (QED) is 0.130. The first-order valence-electron chi connectivity index (χ1n) is 17.3. The Morgan fingerprint density at radius 3 is 2.47 bits per heavy atom. The van der Waals surface area contributed by atoms with Crippen LogP contribution in [0.2, 0.25) is 0 Å². The van der Waals surface area contributed by atoms with Crippen molar-refractivity contribution in [2.24, 2.45) is 5.41 Å². The number of aromatic hydroxyl groups is 1. The van der Waals surface area contributed by atoms with E-state index in [1.807, 2.05) is 38.1 Å². The normalized spacial score (nSPS) is 16.6. The number of anilines is 1. The van der Waals surface area contributed by atoms with Crippen LogP contribution in [0.3, 0.4) is 0 Å². The number of rotatable bonds is 10. The molecule has 4 atom stereocenters. The molecule has 55 heavy (non-hydrogen) atoms. The number of benzene rings is 2. The number of aliphatic hydroxyl groups is 1. The Morgan fingerprint density at radius 1 is 1.07 bits per heavy atom. The van der Waals surface area contributed by atoms with E-state index < -0.39 is 52.9 Å². The zero-order valence-corrected chi connectivity index (χ0v) is 31.3. The van der Waals surface area contributed by atoms with Gasteiger partial charge in [-0.05, 0) is 48.6 Å². The number of phenolic OH excluding ortho intramolecular Hbond substituents is 1. The van der Waals surface area contributed by atoms with Gasteiger partial charge in [-0.3, -0.25) is 19.1 Å². The monoisotopic (exact) mass is 771 g/mol. The molecule has 0 radical (unpaired) electrons. The molecule has 6 N–H and O–H groups in total. The lowest BCUT2D eigenvalue weighted by molar-refractivity contribution is -0.144. The predicted octanol–water partition coefficient (Wildman–Crippen LogP) is 4.87. The molecule has 0 unspecified atom stereocenters. The van der Waals surface area contributed by atoms with Crippen molar-refractivity contribution in [3.8, 4) is 38.6 Å². The Morgan fingerprint density at radius 2 is 1.80 bits per heavy atom. The number of nitrogens with two attached hydrogens (primary N) is 1. The molecular weight excluding hydrogens is 726 g/mol. The van der Waals surface area contributed by atoms with Crippen LogP contribution in [0.25, 0.3) is 32.8 Å². The van der Waals surface area contributed by atoms with Crippen LogP contribution in [0, 0.1) is 18.2 Å². The number of nitrogens with zero attached hydrogens (tertiary/aromatic N) is 6. The number of likely N-dealkylation sites (tertiary alicyclic amines) is 1. The van der Waals surface area contributed by atoms with E-state index in [1.54, 1.807) is 43.8 Å². The van der Waals surface area contributed by atoms with Crippen LogP contribution in [-0.4, -0.2) is 82.5 Å². The molecule has 5 aromatic rings. The lowest BCUT2D eigenvalue weighted by atomic mass is 9.85. The van der Waals surface area contributed by atoms with Crippen LogP contribution in [0.5, 0.6) is 5.75 Å². The van der Waals surface area contributed by atoms with Crippen LogP contribution in [0.15, 0.2) is 66.4 Å². The summed E-state index contributed by atoms with van der Waals surface area (Å²) in [5.74, 6) is -2.75. The molecule has 0 saturated carbocycles. The topological polar surface area (TPSA) is 201 Å². The number of halogens is 1. The molecule has 3 amide bonds. The number of aryl methyl sites for hydroxylation is 1. The summed E-state index contributed by atoms with van der Waals surface area (Å²) in [6.07, 6.45) is 2.17. The molecule has 4 heterocycles. The molecule has 290 valence electrons. The number of carbonyl (C=O) groups excluding carboxylic acids is 3. The molecule has 3 aromatic heterocycles. The zero-order chi connectivity index (χ0) is 38.9. The Kier molecular flexibility index (Phi) is 12.0. The van der Waals surface area contributed by atoms with Crippen molar-refractivity contribution in [3.63, 3.8) is 0 Å². The van der Waals surface area contributed by atoms with E-state index in [9.17, 15) is 29.0 Å². The number of nitrogen functional groups attached to an aromatic ring is 1. The van der Waals surface area contributed by atoms with Gasteiger partial charge < -0.3 is 31.5 Å². The van der Waals surface area contributed by atoms with Crippen LogP contribution < -0.4 is 16.4 Å². The minimum atomic E-state index is -1.04. The molecule has 6 rings (SSSR count). The smallest absolute Gasteiger partial charge is 0.246 e. The zero-order valence-electron chi connectivity index (χ0n) is 30.4. The van der Waals surface area contributed by atoms with Crippen molar-refractivity contribution in [2.75, 3.05) is 12.3 Å². The number of hydrogen-bond acceptors (Lipinski definition) is 11. The fraction of sp³-hybridized carbons (Fsp3) is 0.359. The van der Waals surface area contributed by atoms with E-state index in [4.69, 9.17) is 5.73 Å². The Hall–Kier alpha value is -5.74. The first kappa shape index (κ1) is 40.4. The summed E-state index contributed by atoms with van der Waals surface area (Å²) in [6.45, 7) is 8.89. The van der Waals surface area contributed by atoms with Gasteiger partial charge in [-0.2, -0.15) is 5.10 Å². The van der Waals surface area contributed by atoms with Crippen molar-refractivity contribution < 1.29 is 29.0 Å². The van der Waals surface area contributed by atoms with Gasteiger partial charge in [-0.1, -0.05) is 58.5 Å². The summed E-state index contributed by atoms with van der Waals surface area (Å²) < 4.78 is 15.4. The fourth-order valence-electron chi connectivity index (χ4n) is 6.44. The summed E-state index contributed by atoms with van der Waals surface area (Å²) in [6, 6.07) is 11.1. The second-order valence-corrected chi connectivity index (χ2v) is 15.3. The van der Waals surface area contributed by atoms with Crippen molar-refractivity contribution >= 4 is 34.9 Å². The number of aromatic nitrogens is 5. The number of aliphatic hydroxyl groups excluding tert-OH is 1. The summed E-state index contributed by atoms with van der Waals surface area (Å²) in [5.41, 5.74) is 11.2. The van der Waals surface area contributed by atoms with Gasteiger partial charge in [0.25, 0.3) is 0 Å². The van der Waals surface area contributed by atoms with Crippen molar-refractivity contribution in [1.82, 2.24) is 40.5 Å². The van der Waals surface area contributed by atoms with Crippen molar-refractivity contribution in [2.45, 2.75) is 79.2 Å². The summed E-state index contributed by atoms with van der Waals surface area (Å²) >= 11 is 1.56. The highest BCUT2D eigenvalue weighted by molar-refractivity contribution is 7.13.